The SMILES string of the molecule is CCNC(CC)c1ccn(CCC(C)(C)C)c1. The van der Waals surface area contributed by atoms with Crippen molar-refractivity contribution in [1.29, 1.82) is 0 Å². The summed E-state index contributed by atoms with van der Waals surface area (Å²) in [5.41, 5.74) is 1.83. The quantitative estimate of drug-likeness (QED) is 0.790. The second kappa shape index (κ2) is 6.25. The molecule has 0 saturated heterocycles. The van der Waals surface area contributed by atoms with E-state index in [9.17, 15) is 0 Å². The third-order valence-corrected chi connectivity index (χ3v) is 3.15. The predicted octanol–water partition coefficient (Wildman–Crippen LogP) is 3.98. The summed E-state index contributed by atoms with van der Waals surface area (Å²) in [6.07, 6.45) is 6.87. The monoisotopic (exact) mass is 236 g/mol. The van der Waals surface area contributed by atoms with Crippen LogP contribution < -0.4 is 5.32 Å². The Hall–Kier alpha value is -0.760. The summed E-state index contributed by atoms with van der Waals surface area (Å²) >= 11 is 0. The number of nitrogens with one attached hydrogen (secondary N) is 1. The molecule has 1 rings (SSSR count). The van der Waals surface area contributed by atoms with E-state index in [0.717, 1.165) is 19.5 Å². The van der Waals surface area contributed by atoms with Crippen molar-refractivity contribution < 1.29 is 0 Å². The van der Waals surface area contributed by atoms with Crippen LogP contribution in [0.2, 0.25) is 0 Å². The van der Waals surface area contributed by atoms with Crippen LogP contribution in [0, 0.1) is 5.41 Å². The highest BCUT2D eigenvalue weighted by atomic mass is 15.0. The van der Waals surface area contributed by atoms with Crippen LogP contribution in [-0.4, -0.2) is 11.1 Å². The van der Waals surface area contributed by atoms with Gasteiger partial charge in [-0.25, -0.2) is 0 Å². The fourth-order valence-corrected chi connectivity index (χ4v) is 2.01. The van der Waals surface area contributed by atoms with E-state index >= 15 is 0 Å². The third-order valence-electron chi connectivity index (χ3n) is 3.15. The molecular formula is C15H28N2. The summed E-state index contributed by atoms with van der Waals surface area (Å²) in [6, 6.07) is 2.76. The molecular weight excluding hydrogens is 208 g/mol. The molecule has 1 heterocycles. The lowest BCUT2D eigenvalue weighted by atomic mass is 9.92. The van der Waals surface area contributed by atoms with Crippen LogP contribution >= 0.6 is 0 Å². The normalized spacial score (nSPS) is 13.9. The number of hydrogen-bond donors (Lipinski definition) is 1. The number of nitrogens with zero attached hydrogens (tertiary/aromatic N) is 1. The number of rotatable bonds is 6. The summed E-state index contributed by atoms with van der Waals surface area (Å²) in [7, 11) is 0. The molecule has 0 aromatic carbocycles. The maximum Gasteiger partial charge on any atom is 0.0332 e. The molecule has 1 N–H and O–H groups in total. The lowest BCUT2D eigenvalue weighted by Gasteiger charge is -2.18. The van der Waals surface area contributed by atoms with Crippen LogP contribution in [0.25, 0.3) is 0 Å². The maximum absolute atomic E-state index is 3.52. The van der Waals surface area contributed by atoms with Crippen LogP contribution in [-0.2, 0) is 6.54 Å². The van der Waals surface area contributed by atoms with Crippen LogP contribution in [0.3, 0.4) is 0 Å². The Bertz CT molecular complexity index is 320. The molecule has 0 saturated carbocycles. The molecule has 0 radical (unpaired) electrons. The standard InChI is InChI=1S/C15H28N2/c1-6-14(16-7-2)13-8-10-17(12-13)11-9-15(3,4)5/h8,10,12,14,16H,6-7,9,11H2,1-5H3. The van der Waals surface area contributed by atoms with Crippen molar-refractivity contribution in [2.45, 2.75) is 60.0 Å². The number of aryl methyl sites for hydroxylation is 1. The molecule has 98 valence electrons. The molecule has 0 aliphatic rings. The minimum Gasteiger partial charge on any atom is -0.354 e. The van der Waals surface area contributed by atoms with Gasteiger partial charge in [0.2, 0.25) is 0 Å². The molecule has 0 bridgehead atoms. The van der Waals surface area contributed by atoms with Gasteiger partial charge in [-0.05, 0) is 36.4 Å². The van der Waals surface area contributed by atoms with E-state index in [1.165, 1.54) is 12.0 Å². The molecule has 0 aliphatic heterocycles. The minimum atomic E-state index is 0.413. The molecule has 17 heavy (non-hydrogen) atoms. The summed E-state index contributed by atoms with van der Waals surface area (Å²) in [5.74, 6) is 0. The maximum atomic E-state index is 3.52. The van der Waals surface area contributed by atoms with Gasteiger partial charge in [0.25, 0.3) is 0 Å². The van der Waals surface area contributed by atoms with Gasteiger partial charge >= 0.3 is 0 Å². The van der Waals surface area contributed by atoms with E-state index in [1.807, 2.05) is 0 Å². The van der Waals surface area contributed by atoms with E-state index in [-0.39, 0.29) is 0 Å². The summed E-state index contributed by atoms with van der Waals surface area (Å²) in [5, 5.41) is 3.52. The highest BCUT2D eigenvalue weighted by Gasteiger charge is 2.12. The second-order valence-electron chi connectivity index (χ2n) is 6.01. The molecule has 0 amide bonds. The Kier molecular flexibility index (Phi) is 5.26. The van der Waals surface area contributed by atoms with Crippen molar-refractivity contribution in [3.05, 3.63) is 24.0 Å². The lowest BCUT2D eigenvalue weighted by Crippen LogP contribution is -2.19. The van der Waals surface area contributed by atoms with Crippen LogP contribution in [0.4, 0.5) is 0 Å². The molecule has 1 aromatic heterocycles. The van der Waals surface area contributed by atoms with Gasteiger partial charge in [-0.1, -0.05) is 34.6 Å². The number of hydrogen-bond acceptors (Lipinski definition) is 1. The fourth-order valence-electron chi connectivity index (χ4n) is 2.01. The fraction of sp³-hybridized carbons (Fsp3) is 0.733. The molecule has 0 fully saturated rings. The van der Waals surface area contributed by atoms with Gasteiger partial charge in [-0.2, -0.15) is 0 Å². The summed E-state index contributed by atoms with van der Waals surface area (Å²) < 4.78 is 2.32. The van der Waals surface area contributed by atoms with Gasteiger partial charge < -0.3 is 9.88 Å². The van der Waals surface area contributed by atoms with Gasteiger partial charge in [-0.3, -0.25) is 0 Å². The molecule has 2 heteroatoms. The Morgan fingerprint density at radius 2 is 2.00 bits per heavy atom. The largest absolute Gasteiger partial charge is 0.354 e. The van der Waals surface area contributed by atoms with Crippen molar-refractivity contribution in [3.63, 3.8) is 0 Å². The molecule has 2 nitrogen and oxygen atoms in total. The average Bonchev–Trinajstić information content (AvgIpc) is 2.70. The zero-order valence-corrected chi connectivity index (χ0v) is 12.1. The third kappa shape index (κ3) is 4.95. The van der Waals surface area contributed by atoms with Gasteiger partial charge in [0.05, 0.1) is 0 Å². The topological polar surface area (TPSA) is 17.0 Å². The van der Waals surface area contributed by atoms with Crippen molar-refractivity contribution in [2.75, 3.05) is 6.54 Å². The zero-order valence-electron chi connectivity index (χ0n) is 12.1. The highest BCUT2D eigenvalue weighted by molar-refractivity contribution is 5.15. The summed E-state index contributed by atoms with van der Waals surface area (Å²) in [6.45, 7) is 13.4. The van der Waals surface area contributed by atoms with E-state index in [4.69, 9.17) is 0 Å². The molecule has 0 spiro atoms. The summed E-state index contributed by atoms with van der Waals surface area (Å²) in [4.78, 5) is 0. The molecule has 1 atom stereocenters. The number of aromatic nitrogens is 1. The van der Waals surface area contributed by atoms with Crippen molar-refractivity contribution in [2.24, 2.45) is 5.41 Å². The van der Waals surface area contributed by atoms with E-state index in [1.54, 1.807) is 0 Å². The smallest absolute Gasteiger partial charge is 0.0332 e. The Morgan fingerprint density at radius 3 is 2.53 bits per heavy atom. The first-order valence-corrected chi connectivity index (χ1v) is 6.85. The zero-order chi connectivity index (χ0) is 12.9. The van der Waals surface area contributed by atoms with Crippen molar-refractivity contribution in [1.82, 2.24) is 9.88 Å². The lowest BCUT2D eigenvalue weighted by molar-refractivity contribution is 0.350. The van der Waals surface area contributed by atoms with Crippen molar-refractivity contribution >= 4 is 0 Å². The van der Waals surface area contributed by atoms with E-state index in [0.29, 0.717) is 11.5 Å². The Balaban J connectivity index is 2.58. The second-order valence-corrected chi connectivity index (χ2v) is 6.01. The highest BCUT2D eigenvalue weighted by Crippen LogP contribution is 2.21. The van der Waals surface area contributed by atoms with Crippen LogP contribution in [0.15, 0.2) is 18.5 Å². The predicted molar refractivity (Wildman–Crippen MR) is 75.2 cm³/mol. The Labute approximate surface area is 106 Å². The van der Waals surface area contributed by atoms with Crippen LogP contribution in [0.5, 0.6) is 0 Å². The first-order chi connectivity index (χ1) is 7.96. The van der Waals surface area contributed by atoms with Crippen LogP contribution in [0.1, 0.15) is 59.1 Å². The van der Waals surface area contributed by atoms with Crippen molar-refractivity contribution in [3.8, 4) is 0 Å². The molecule has 0 aliphatic carbocycles. The average molecular weight is 236 g/mol. The molecule has 1 aromatic rings. The van der Waals surface area contributed by atoms with Gasteiger partial charge in [-0.15, -0.1) is 0 Å². The van der Waals surface area contributed by atoms with Gasteiger partial charge in [0.1, 0.15) is 0 Å². The Morgan fingerprint density at radius 1 is 1.29 bits per heavy atom. The van der Waals surface area contributed by atoms with E-state index in [2.05, 4.69) is 63.0 Å². The minimum absolute atomic E-state index is 0.413. The molecule has 1 unspecified atom stereocenters. The van der Waals surface area contributed by atoms with E-state index < -0.39 is 0 Å². The van der Waals surface area contributed by atoms with Gasteiger partial charge in [0, 0.05) is 25.0 Å². The van der Waals surface area contributed by atoms with Gasteiger partial charge in [0.15, 0.2) is 0 Å². The first-order valence-electron chi connectivity index (χ1n) is 6.85. The first kappa shape index (κ1) is 14.3.